The van der Waals surface area contributed by atoms with Crippen LogP contribution in [0.25, 0.3) is 0 Å². The van der Waals surface area contributed by atoms with Gasteiger partial charge in [-0.2, -0.15) is 5.10 Å². The molecule has 0 saturated heterocycles. The van der Waals surface area contributed by atoms with Gasteiger partial charge in [-0.1, -0.05) is 6.42 Å². The van der Waals surface area contributed by atoms with E-state index in [4.69, 9.17) is 4.74 Å². The molecule has 2 saturated carbocycles. The molecular weight excluding hydrogens is 228 g/mol. The Hall–Kier alpha value is -0.940. The van der Waals surface area contributed by atoms with Gasteiger partial charge < -0.3 is 10.1 Å². The minimum Gasteiger partial charge on any atom is -0.378 e. The van der Waals surface area contributed by atoms with Gasteiger partial charge in [0.1, 0.15) is 12.2 Å². The van der Waals surface area contributed by atoms with Crippen molar-refractivity contribution in [2.45, 2.75) is 51.2 Å². The van der Waals surface area contributed by atoms with E-state index in [0.29, 0.717) is 17.6 Å². The van der Waals surface area contributed by atoms with Crippen molar-refractivity contribution in [3.8, 4) is 0 Å². The zero-order chi connectivity index (χ0) is 12.4. The summed E-state index contributed by atoms with van der Waals surface area (Å²) in [5.41, 5.74) is 0.456. The minimum absolute atomic E-state index is 0.456. The quantitative estimate of drug-likeness (QED) is 0.798. The van der Waals surface area contributed by atoms with Crippen LogP contribution >= 0.6 is 0 Å². The van der Waals surface area contributed by atoms with Crippen LogP contribution in [0.4, 0.5) is 0 Å². The third-order valence-electron chi connectivity index (χ3n) is 4.65. The molecule has 5 heteroatoms. The molecule has 0 aliphatic heterocycles. The van der Waals surface area contributed by atoms with E-state index in [2.05, 4.69) is 27.4 Å². The van der Waals surface area contributed by atoms with Crippen LogP contribution in [0.3, 0.4) is 0 Å². The monoisotopic (exact) mass is 250 g/mol. The third-order valence-corrected chi connectivity index (χ3v) is 4.65. The predicted molar refractivity (Wildman–Crippen MR) is 68.2 cm³/mol. The Morgan fingerprint density at radius 3 is 3.06 bits per heavy atom. The molecule has 0 bridgehead atoms. The van der Waals surface area contributed by atoms with Crippen LogP contribution in [-0.2, 0) is 11.2 Å². The second-order valence-corrected chi connectivity index (χ2v) is 5.46. The maximum atomic E-state index is 5.85. The molecule has 18 heavy (non-hydrogen) atoms. The smallest absolute Gasteiger partial charge is 0.137 e. The Balaban J connectivity index is 1.46. The molecule has 2 aliphatic carbocycles. The second-order valence-electron chi connectivity index (χ2n) is 5.46. The molecule has 2 atom stereocenters. The summed E-state index contributed by atoms with van der Waals surface area (Å²) in [6.45, 7) is 3.91. The van der Waals surface area contributed by atoms with Crippen molar-refractivity contribution in [1.29, 1.82) is 0 Å². The summed E-state index contributed by atoms with van der Waals surface area (Å²) in [7, 11) is 0. The standard InChI is InChI=1S/C13H22N4O/c1-2-18-11-8-10(13(11)5-3-6-13)14-7-4-12-15-9-16-17-12/h9-11,14H,2-8H2,1H3,(H,15,16,17). The van der Waals surface area contributed by atoms with Crippen LogP contribution < -0.4 is 5.32 Å². The van der Waals surface area contributed by atoms with E-state index in [1.165, 1.54) is 25.7 Å². The molecule has 2 unspecified atom stereocenters. The number of hydrogen-bond donors (Lipinski definition) is 2. The number of rotatable bonds is 6. The molecule has 2 aliphatic rings. The van der Waals surface area contributed by atoms with E-state index in [1.54, 1.807) is 6.33 Å². The van der Waals surface area contributed by atoms with Crippen LogP contribution in [0.15, 0.2) is 6.33 Å². The summed E-state index contributed by atoms with van der Waals surface area (Å²) in [5.74, 6) is 0.964. The number of aromatic amines is 1. The first-order chi connectivity index (χ1) is 8.85. The lowest BCUT2D eigenvalue weighted by Gasteiger charge is -2.61. The maximum absolute atomic E-state index is 5.85. The van der Waals surface area contributed by atoms with Gasteiger partial charge >= 0.3 is 0 Å². The normalized spacial score (nSPS) is 28.9. The topological polar surface area (TPSA) is 62.8 Å². The molecule has 3 rings (SSSR count). The second kappa shape index (κ2) is 4.97. The minimum atomic E-state index is 0.456. The highest BCUT2D eigenvalue weighted by Gasteiger charge is 2.58. The highest BCUT2D eigenvalue weighted by molar-refractivity contribution is 5.12. The Bertz CT molecular complexity index is 374. The fourth-order valence-corrected chi connectivity index (χ4v) is 3.44. The van der Waals surface area contributed by atoms with Crippen molar-refractivity contribution in [3.05, 3.63) is 12.2 Å². The summed E-state index contributed by atoms with van der Waals surface area (Å²) in [4.78, 5) is 4.14. The molecule has 1 spiro atoms. The Morgan fingerprint density at radius 2 is 2.44 bits per heavy atom. The molecule has 0 amide bonds. The molecule has 0 aromatic carbocycles. The van der Waals surface area contributed by atoms with Gasteiger partial charge in [0, 0.05) is 31.0 Å². The van der Waals surface area contributed by atoms with Crippen LogP contribution in [0, 0.1) is 5.41 Å². The van der Waals surface area contributed by atoms with Crippen molar-refractivity contribution in [1.82, 2.24) is 20.5 Å². The molecule has 2 N–H and O–H groups in total. The lowest BCUT2D eigenvalue weighted by molar-refractivity contribution is -0.172. The van der Waals surface area contributed by atoms with Gasteiger partial charge in [-0.05, 0) is 26.2 Å². The van der Waals surface area contributed by atoms with Crippen molar-refractivity contribution in [3.63, 3.8) is 0 Å². The van der Waals surface area contributed by atoms with E-state index in [-0.39, 0.29) is 0 Å². The highest BCUT2D eigenvalue weighted by Crippen LogP contribution is 2.57. The lowest BCUT2D eigenvalue weighted by Crippen LogP contribution is -2.67. The van der Waals surface area contributed by atoms with Crippen molar-refractivity contribution in [2.24, 2.45) is 5.41 Å². The summed E-state index contributed by atoms with van der Waals surface area (Å²) in [6, 6.07) is 0.644. The zero-order valence-electron chi connectivity index (χ0n) is 11.0. The molecule has 0 radical (unpaired) electrons. The Morgan fingerprint density at radius 1 is 1.56 bits per heavy atom. The van der Waals surface area contributed by atoms with E-state index in [1.807, 2.05) is 0 Å². The van der Waals surface area contributed by atoms with Crippen LogP contribution in [0.1, 0.15) is 38.4 Å². The SMILES string of the molecule is CCOC1CC(NCCc2ncn[nH]2)C12CCC2. The maximum Gasteiger partial charge on any atom is 0.137 e. The van der Waals surface area contributed by atoms with Gasteiger partial charge in [0.25, 0.3) is 0 Å². The highest BCUT2D eigenvalue weighted by atomic mass is 16.5. The number of nitrogens with zero attached hydrogens (tertiary/aromatic N) is 2. The first kappa shape index (κ1) is 12.1. The number of nitrogens with one attached hydrogen (secondary N) is 2. The summed E-state index contributed by atoms with van der Waals surface area (Å²) in [6.07, 6.45) is 8.19. The average molecular weight is 250 g/mol. The number of aromatic nitrogens is 3. The Labute approximate surface area is 108 Å². The van der Waals surface area contributed by atoms with Crippen molar-refractivity contribution >= 4 is 0 Å². The van der Waals surface area contributed by atoms with Crippen LogP contribution in [0.5, 0.6) is 0 Å². The van der Waals surface area contributed by atoms with E-state index < -0.39 is 0 Å². The molecule has 1 aromatic heterocycles. The first-order valence-electron chi connectivity index (χ1n) is 7.04. The third kappa shape index (κ3) is 1.95. The molecule has 100 valence electrons. The van der Waals surface area contributed by atoms with E-state index >= 15 is 0 Å². The van der Waals surface area contributed by atoms with Crippen molar-refractivity contribution in [2.75, 3.05) is 13.2 Å². The van der Waals surface area contributed by atoms with Crippen LogP contribution in [0.2, 0.25) is 0 Å². The summed E-state index contributed by atoms with van der Waals surface area (Å²) < 4.78 is 5.85. The Kier molecular flexibility index (Phi) is 3.35. The van der Waals surface area contributed by atoms with Gasteiger partial charge in [-0.25, -0.2) is 4.98 Å². The summed E-state index contributed by atoms with van der Waals surface area (Å²) in [5, 5.41) is 10.4. The molecular formula is C13H22N4O. The molecule has 1 aromatic rings. The number of H-pyrrole nitrogens is 1. The van der Waals surface area contributed by atoms with E-state index in [9.17, 15) is 0 Å². The largest absolute Gasteiger partial charge is 0.378 e. The first-order valence-corrected chi connectivity index (χ1v) is 7.04. The van der Waals surface area contributed by atoms with Gasteiger partial charge in [0.05, 0.1) is 6.10 Å². The number of hydrogen-bond acceptors (Lipinski definition) is 4. The molecule has 2 fully saturated rings. The average Bonchev–Trinajstić information content (AvgIpc) is 2.77. The fraction of sp³-hybridized carbons (Fsp3) is 0.846. The molecule has 1 heterocycles. The molecule has 5 nitrogen and oxygen atoms in total. The van der Waals surface area contributed by atoms with Gasteiger partial charge in [0.15, 0.2) is 0 Å². The zero-order valence-corrected chi connectivity index (χ0v) is 11.0. The lowest BCUT2D eigenvalue weighted by atomic mass is 9.51. The van der Waals surface area contributed by atoms with Gasteiger partial charge in [-0.3, -0.25) is 5.10 Å². The van der Waals surface area contributed by atoms with Crippen LogP contribution in [-0.4, -0.2) is 40.5 Å². The predicted octanol–water partition coefficient (Wildman–Crippen LogP) is 1.28. The van der Waals surface area contributed by atoms with E-state index in [0.717, 1.165) is 25.4 Å². The number of ether oxygens (including phenoxy) is 1. The van der Waals surface area contributed by atoms with Crippen molar-refractivity contribution < 1.29 is 4.74 Å². The van der Waals surface area contributed by atoms with Gasteiger partial charge in [-0.15, -0.1) is 0 Å². The van der Waals surface area contributed by atoms with Gasteiger partial charge in [0.2, 0.25) is 0 Å². The fourth-order valence-electron chi connectivity index (χ4n) is 3.44. The summed E-state index contributed by atoms with van der Waals surface area (Å²) >= 11 is 0.